The fourth-order valence-electron chi connectivity index (χ4n) is 14.4. The number of hydrogen-bond acceptors (Lipinski definition) is 3. The minimum absolute atomic E-state index is 0.776. The van der Waals surface area contributed by atoms with Gasteiger partial charge in [-0.15, -0.1) is 0 Å². The van der Waals surface area contributed by atoms with Crippen molar-refractivity contribution < 1.29 is 0 Å². The van der Waals surface area contributed by atoms with Gasteiger partial charge in [0, 0.05) is 83.1 Å². The summed E-state index contributed by atoms with van der Waals surface area (Å²) < 4.78 is 14.2. The molecule has 6 heterocycles. The lowest BCUT2D eigenvalue weighted by molar-refractivity contribution is 1.10. The van der Waals surface area contributed by atoms with Crippen molar-refractivity contribution in [3.63, 3.8) is 0 Å². The second-order valence-corrected chi connectivity index (χ2v) is 23.2. The Hall–Kier alpha value is -12.3. The summed E-state index contributed by atoms with van der Waals surface area (Å²) in [5.41, 5.74) is 20.8. The minimum Gasteiger partial charge on any atom is -0.309 e. The number of imidazole rings is 3. The van der Waals surface area contributed by atoms with Crippen LogP contribution in [0.4, 0.5) is 0 Å². The fourth-order valence-corrected chi connectivity index (χ4v) is 14.4. The number of aromatic nitrogens is 9. The van der Waals surface area contributed by atoms with Gasteiger partial charge in [-0.2, -0.15) is 0 Å². The van der Waals surface area contributed by atoms with E-state index in [1.807, 2.05) is 0 Å². The highest BCUT2D eigenvalue weighted by Gasteiger charge is 2.32. The lowest BCUT2D eigenvalue weighted by Gasteiger charge is -2.13. The third kappa shape index (κ3) is 7.34. The van der Waals surface area contributed by atoms with Gasteiger partial charge in [-0.25, -0.2) is 15.0 Å². The second-order valence-electron chi connectivity index (χ2n) is 23.2. The molecule has 0 N–H and O–H groups in total. The Morgan fingerprint density at radius 3 is 0.644 bits per heavy atom. The van der Waals surface area contributed by atoms with E-state index in [-0.39, 0.29) is 0 Å². The molecular weight excluding hydrogens is 1100 g/mol. The van der Waals surface area contributed by atoms with Crippen molar-refractivity contribution in [1.29, 1.82) is 0 Å². The van der Waals surface area contributed by atoms with Crippen molar-refractivity contribution in [1.82, 2.24) is 42.4 Å². The van der Waals surface area contributed by atoms with Crippen LogP contribution in [0.3, 0.4) is 0 Å². The van der Waals surface area contributed by atoms with Gasteiger partial charge in [0.2, 0.25) is 0 Å². The van der Waals surface area contributed by atoms with Crippen molar-refractivity contribution >= 4 is 98.5 Å². The highest BCUT2D eigenvalue weighted by Crippen LogP contribution is 2.47. The van der Waals surface area contributed by atoms with E-state index in [2.05, 4.69) is 337 Å². The van der Waals surface area contributed by atoms with E-state index in [9.17, 15) is 0 Å². The number of fused-ring (bicyclic) bond motifs is 15. The Labute approximate surface area is 515 Å². The molecule has 19 aromatic rings. The summed E-state index contributed by atoms with van der Waals surface area (Å²) in [6.45, 7) is 0. The largest absolute Gasteiger partial charge is 0.309 e. The molecule has 0 saturated heterocycles. The number of nitrogens with zero attached hydrogens (tertiary/aromatic N) is 9. The Bertz CT molecular complexity index is 5430. The number of benzene rings is 13. The van der Waals surface area contributed by atoms with Crippen LogP contribution >= 0.6 is 0 Å². The molecule has 9 heteroatoms. The summed E-state index contributed by atoms with van der Waals surface area (Å²) in [5, 5.41) is 6.89. The first kappa shape index (κ1) is 49.9. The van der Waals surface area contributed by atoms with E-state index in [1.165, 1.54) is 0 Å². The first-order chi connectivity index (χ1) is 44.7. The standard InChI is InChI=1S/C81H51N9/c1-7-25-55(26-8-1)85-67-40-22-19-37-61(67)64-49-52(43-46-70(64)85)79-82-73-76(88(79)58-31-13-4-14-32-58)74-78(90(60-35-17-6-18-36-60)80(83-74)53-44-47-71-65(50-53)62-38-20-23-41-68(62)86(71)56-27-9-2-10-28-56)75-77(73)89(59-33-15-5-16-34-59)81(84-75)54-45-48-72-66(51-54)63-39-21-24-42-69(63)87(72)57-29-11-3-12-30-57/h1-51H. The molecule has 0 bridgehead atoms. The quantitative estimate of drug-likeness (QED) is 0.145. The van der Waals surface area contributed by atoms with Gasteiger partial charge in [0.05, 0.1) is 33.1 Å². The van der Waals surface area contributed by atoms with Crippen LogP contribution in [-0.2, 0) is 0 Å². The van der Waals surface area contributed by atoms with Gasteiger partial charge in [0.1, 0.15) is 50.6 Å². The predicted molar refractivity (Wildman–Crippen MR) is 370 cm³/mol. The molecule has 13 aromatic carbocycles. The Kier molecular flexibility index (Phi) is 10.9. The van der Waals surface area contributed by atoms with Crippen molar-refractivity contribution in [3.8, 4) is 68.3 Å². The monoisotopic (exact) mass is 1150 g/mol. The molecule has 0 spiro atoms. The normalized spacial score (nSPS) is 12.0. The first-order valence-electron chi connectivity index (χ1n) is 30.5. The van der Waals surface area contributed by atoms with Gasteiger partial charge >= 0.3 is 0 Å². The van der Waals surface area contributed by atoms with Gasteiger partial charge < -0.3 is 13.7 Å². The highest BCUT2D eigenvalue weighted by molar-refractivity contribution is 6.23. The topological polar surface area (TPSA) is 68.2 Å². The molecule has 6 aromatic heterocycles. The summed E-state index contributed by atoms with van der Waals surface area (Å²) in [6.07, 6.45) is 0. The molecule has 0 aliphatic rings. The molecule has 420 valence electrons. The molecule has 9 nitrogen and oxygen atoms in total. The van der Waals surface area contributed by atoms with E-state index >= 15 is 0 Å². The first-order valence-corrected chi connectivity index (χ1v) is 30.5. The molecule has 0 aliphatic carbocycles. The molecule has 0 aliphatic heterocycles. The van der Waals surface area contributed by atoms with Crippen LogP contribution in [0, 0.1) is 0 Å². The Morgan fingerprint density at radius 2 is 0.389 bits per heavy atom. The van der Waals surface area contributed by atoms with Crippen molar-refractivity contribution in [3.05, 3.63) is 309 Å². The SMILES string of the molecule is c1ccc(-n2c(-c3ccc4c(c3)c3ccccc3n4-c3ccccc3)nc3c2c2nc(-c4ccc5c(c4)c4ccccc4n5-c4ccccc4)n(-c4ccccc4)c2c2nc(-c4ccc5c(c4)c4ccccc4n5-c4ccccc4)n(-c4ccccc4)c32)cc1. The zero-order valence-electron chi connectivity index (χ0n) is 48.5. The van der Waals surface area contributed by atoms with Gasteiger partial charge in [-0.3, -0.25) is 13.7 Å². The summed E-state index contributed by atoms with van der Waals surface area (Å²) in [4.78, 5) is 18.1. The zero-order valence-corrected chi connectivity index (χ0v) is 48.5. The lowest BCUT2D eigenvalue weighted by Crippen LogP contribution is -2.00. The van der Waals surface area contributed by atoms with E-state index in [0.717, 1.165) is 167 Å². The van der Waals surface area contributed by atoms with Crippen LogP contribution in [-0.4, -0.2) is 42.4 Å². The van der Waals surface area contributed by atoms with Crippen molar-refractivity contribution in [2.45, 2.75) is 0 Å². The molecule has 90 heavy (non-hydrogen) atoms. The Morgan fingerprint density at radius 1 is 0.178 bits per heavy atom. The smallest absolute Gasteiger partial charge is 0.145 e. The van der Waals surface area contributed by atoms with Crippen molar-refractivity contribution in [2.75, 3.05) is 0 Å². The van der Waals surface area contributed by atoms with Gasteiger partial charge in [0.25, 0.3) is 0 Å². The highest BCUT2D eigenvalue weighted by atomic mass is 15.2. The van der Waals surface area contributed by atoms with E-state index in [0.29, 0.717) is 0 Å². The molecular formula is C81H51N9. The maximum atomic E-state index is 6.04. The van der Waals surface area contributed by atoms with Crippen molar-refractivity contribution in [2.24, 2.45) is 0 Å². The van der Waals surface area contributed by atoms with Crippen LogP contribution in [0.2, 0.25) is 0 Å². The maximum Gasteiger partial charge on any atom is 0.145 e. The predicted octanol–water partition coefficient (Wildman–Crippen LogP) is 20.0. The van der Waals surface area contributed by atoms with Crippen LogP contribution in [0.5, 0.6) is 0 Å². The third-order valence-corrected chi connectivity index (χ3v) is 18.2. The van der Waals surface area contributed by atoms with Crippen LogP contribution < -0.4 is 0 Å². The van der Waals surface area contributed by atoms with E-state index in [4.69, 9.17) is 15.0 Å². The van der Waals surface area contributed by atoms with E-state index < -0.39 is 0 Å². The molecule has 0 atom stereocenters. The lowest BCUT2D eigenvalue weighted by atomic mass is 10.1. The zero-order chi connectivity index (χ0) is 59.0. The Balaban J connectivity index is 0.975. The summed E-state index contributed by atoms with van der Waals surface area (Å²) in [6, 6.07) is 111. The van der Waals surface area contributed by atoms with Gasteiger partial charge in [-0.05, 0) is 146 Å². The van der Waals surface area contributed by atoms with Gasteiger partial charge in [0.15, 0.2) is 0 Å². The molecule has 0 unspecified atom stereocenters. The van der Waals surface area contributed by atoms with Gasteiger partial charge in [-0.1, -0.05) is 164 Å². The molecule has 19 rings (SSSR count). The second kappa shape index (κ2) is 19.6. The fraction of sp³-hybridized carbons (Fsp3) is 0. The number of rotatable bonds is 9. The third-order valence-electron chi connectivity index (χ3n) is 18.2. The number of hydrogen-bond donors (Lipinski definition) is 0. The molecule has 0 saturated carbocycles. The summed E-state index contributed by atoms with van der Waals surface area (Å²) >= 11 is 0. The van der Waals surface area contributed by atoms with E-state index in [1.54, 1.807) is 0 Å². The molecule has 0 radical (unpaired) electrons. The minimum atomic E-state index is 0.776. The van der Waals surface area contributed by atoms with Crippen LogP contribution in [0.25, 0.3) is 167 Å². The number of para-hydroxylation sites is 9. The van der Waals surface area contributed by atoms with Crippen LogP contribution in [0.1, 0.15) is 0 Å². The molecule has 0 amide bonds. The molecule has 0 fully saturated rings. The maximum absolute atomic E-state index is 6.04. The average molecular weight is 1150 g/mol. The summed E-state index contributed by atoms with van der Waals surface area (Å²) in [7, 11) is 0. The van der Waals surface area contributed by atoms with Crippen LogP contribution in [0.15, 0.2) is 309 Å². The summed E-state index contributed by atoms with van der Waals surface area (Å²) in [5.74, 6) is 2.35. The average Bonchev–Trinajstić information content (AvgIpc) is 1.53.